The number of unbranched alkanes of at least 4 members (excludes halogenated alkanes) is 1. The van der Waals surface area contributed by atoms with E-state index in [1.54, 1.807) is 6.92 Å². The van der Waals surface area contributed by atoms with Gasteiger partial charge in [0.15, 0.2) is 0 Å². The molecule has 0 bridgehead atoms. The normalized spacial score (nSPS) is 18.7. The molecule has 2 heteroatoms. The number of amides is 1. The quantitative estimate of drug-likeness (QED) is 0.696. The summed E-state index contributed by atoms with van der Waals surface area (Å²) in [7, 11) is 0. The Morgan fingerprint density at radius 2 is 1.87 bits per heavy atom. The topological polar surface area (TPSA) is 29.1 Å². The molecule has 0 saturated heterocycles. The molecule has 1 amide bonds. The van der Waals surface area contributed by atoms with Gasteiger partial charge < -0.3 is 5.32 Å². The van der Waals surface area contributed by atoms with Crippen molar-refractivity contribution in [2.24, 2.45) is 10.8 Å². The van der Waals surface area contributed by atoms with Crippen molar-refractivity contribution in [3.8, 4) is 0 Å². The van der Waals surface area contributed by atoms with E-state index < -0.39 is 0 Å². The predicted octanol–water partition coefficient (Wildman–Crippen LogP) is 3.12. The van der Waals surface area contributed by atoms with Crippen molar-refractivity contribution in [2.75, 3.05) is 6.54 Å². The van der Waals surface area contributed by atoms with Gasteiger partial charge in [-0.3, -0.25) is 4.79 Å². The molecule has 1 fully saturated rings. The van der Waals surface area contributed by atoms with Crippen LogP contribution in [0.4, 0.5) is 0 Å². The van der Waals surface area contributed by atoms with E-state index in [4.69, 9.17) is 0 Å². The Hall–Kier alpha value is -0.530. The van der Waals surface area contributed by atoms with Crippen molar-refractivity contribution in [2.45, 2.75) is 59.8 Å². The van der Waals surface area contributed by atoms with Crippen LogP contribution in [0.5, 0.6) is 0 Å². The summed E-state index contributed by atoms with van der Waals surface area (Å²) >= 11 is 0. The van der Waals surface area contributed by atoms with Crippen LogP contribution < -0.4 is 5.32 Å². The molecule has 0 aromatic rings. The van der Waals surface area contributed by atoms with Crippen LogP contribution in [0, 0.1) is 10.8 Å². The van der Waals surface area contributed by atoms with E-state index in [1.165, 1.54) is 25.7 Å². The van der Waals surface area contributed by atoms with Gasteiger partial charge in [0.1, 0.15) is 0 Å². The first-order valence-electron chi connectivity index (χ1n) is 6.12. The summed E-state index contributed by atoms with van der Waals surface area (Å²) in [5.41, 5.74) is 1.07. The molecule has 0 heterocycles. The van der Waals surface area contributed by atoms with Crippen molar-refractivity contribution in [1.29, 1.82) is 0 Å². The van der Waals surface area contributed by atoms with Gasteiger partial charge in [-0.15, -0.1) is 0 Å². The maximum Gasteiger partial charge on any atom is 0.216 e. The summed E-state index contributed by atoms with van der Waals surface area (Å²) in [6.07, 6.45) is 6.50. The molecule has 0 atom stereocenters. The number of carbonyl (C=O) groups is 1. The molecule has 1 saturated carbocycles. The lowest BCUT2D eigenvalue weighted by molar-refractivity contribution is -0.118. The Morgan fingerprint density at radius 3 is 2.27 bits per heavy atom. The lowest BCUT2D eigenvalue weighted by Gasteiger charge is -2.31. The minimum atomic E-state index is 0.0898. The SMILES string of the molecule is CC(=O)NCCCCC1(C(C)(C)C)CC1. The number of nitrogens with one attached hydrogen (secondary N) is 1. The Kier molecular flexibility index (Phi) is 3.80. The van der Waals surface area contributed by atoms with Gasteiger partial charge in [-0.1, -0.05) is 27.2 Å². The summed E-state index contributed by atoms with van der Waals surface area (Å²) in [6.45, 7) is 9.49. The van der Waals surface area contributed by atoms with Gasteiger partial charge in [0.05, 0.1) is 0 Å². The predicted molar refractivity (Wildman–Crippen MR) is 63.7 cm³/mol. The second-order valence-electron chi connectivity index (χ2n) is 5.97. The zero-order chi connectivity index (χ0) is 11.5. The monoisotopic (exact) mass is 211 g/mol. The molecule has 0 aromatic heterocycles. The number of hydrogen-bond acceptors (Lipinski definition) is 1. The minimum absolute atomic E-state index is 0.0898. The van der Waals surface area contributed by atoms with Crippen LogP contribution in [0.15, 0.2) is 0 Å². The fourth-order valence-corrected chi connectivity index (χ4v) is 2.38. The number of hydrogen-bond donors (Lipinski definition) is 1. The van der Waals surface area contributed by atoms with Gasteiger partial charge in [0.2, 0.25) is 5.91 Å². The van der Waals surface area contributed by atoms with Crippen LogP contribution in [-0.4, -0.2) is 12.5 Å². The first-order valence-corrected chi connectivity index (χ1v) is 6.12. The Morgan fingerprint density at radius 1 is 1.27 bits per heavy atom. The maximum atomic E-state index is 10.7. The molecule has 1 aliphatic rings. The molecule has 0 aliphatic heterocycles. The molecule has 15 heavy (non-hydrogen) atoms. The van der Waals surface area contributed by atoms with Crippen LogP contribution in [0.25, 0.3) is 0 Å². The van der Waals surface area contributed by atoms with E-state index in [1.807, 2.05) is 0 Å². The lowest BCUT2D eigenvalue weighted by atomic mass is 9.75. The molecule has 88 valence electrons. The minimum Gasteiger partial charge on any atom is -0.356 e. The Bertz CT molecular complexity index is 223. The van der Waals surface area contributed by atoms with Crippen LogP contribution in [0.1, 0.15) is 59.8 Å². The van der Waals surface area contributed by atoms with Crippen molar-refractivity contribution in [3.05, 3.63) is 0 Å². The van der Waals surface area contributed by atoms with Crippen molar-refractivity contribution >= 4 is 5.91 Å². The third-order valence-electron chi connectivity index (χ3n) is 3.90. The fraction of sp³-hybridized carbons (Fsp3) is 0.923. The highest BCUT2D eigenvalue weighted by Crippen LogP contribution is 2.61. The summed E-state index contributed by atoms with van der Waals surface area (Å²) < 4.78 is 0. The zero-order valence-corrected chi connectivity index (χ0v) is 10.7. The summed E-state index contributed by atoms with van der Waals surface area (Å²) in [4.78, 5) is 10.7. The standard InChI is InChI=1S/C13H25NO/c1-11(15)14-10-6-5-7-13(8-9-13)12(2,3)4/h5-10H2,1-4H3,(H,14,15). The summed E-state index contributed by atoms with van der Waals surface area (Å²) in [5.74, 6) is 0.0898. The van der Waals surface area contributed by atoms with Crippen LogP contribution in [0.3, 0.4) is 0 Å². The zero-order valence-electron chi connectivity index (χ0n) is 10.7. The van der Waals surface area contributed by atoms with Gasteiger partial charge in [-0.25, -0.2) is 0 Å². The smallest absolute Gasteiger partial charge is 0.216 e. The van der Waals surface area contributed by atoms with E-state index in [-0.39, 0.29) is 5.91 Å². The van der Waals surface area contributed by atoms with Crippen molar-refractivity contribution in [3.63, 3.8) is 0 Å². The van der Waals surface area contributed by atoms with E-state index in [2.05, 4.69) is 26.1 Å². The van der Waals surface area contributed by atoms with E-state index >= 15 is 0 Å². The molecule has 1 aliphatic carbocycles. The largest absolute Gasteiger partial charge is 0.356 e. The number of rotatable bonds is 5. The second kappa shape index (κ2) is 4.54. The average molecular weight is 211 g/mol. The Balaban J connectivity index is 2.13. The molecule has 0 spiro atoms. The first-order chi connectivity index (χ1) is 6.87. The van der Waals surface area contributed by atoms with Gasteiger partial charge in [0.25, 0.3) is 0 Å². The molecule has 0 radical (unpaired) electrons. The first kappa shape index (κ1) is 12.5. The second-order valence-corrected chi connectivity index (χ2v) is 5.97. The molecular formula is C13H25NO. The molecule has 2 nitrogen and oxygen atoms in total. The third kappa shape index (κ3) is 3.51. The Labute approximate surface area is 93.8 Å². The molecular weight excluding hydrogens is 186 g/mol. The van der Waals surface area contributed by atoms with Crippen molar-refractivity contribution < 1.29 is 4.79 Å². The molecule has 0 aromatic carbocycles. The van der Waals surface area contributed by atoms with Crippen LogP contribution in [0.2, 0.25) is 0 Å². The van der Waals surface area contributed by atoms with Gasteiger partial charge in [-0.05, 0) is 36.5 Å². The van der Waals surface area contributed by atoms with Gasteiger partial charge >= 0.3 is 0 Å². The molecule has 1 rings (SSSR count). The van der Waals surface area contributed by atoms with Crippen LogP contribution >= 0.6 is 0 Å². The number of carbonyl (C=O) groups excluding carboxylic acids is 1. The fourth-order valence-electron chi connectivity index (χ4n) is 2.38. The van der Waals surface area contributed by atoms with E-state index in [0.717, 1.165) is 13.0 Å². The van der Waals surface area contributed by atoms with Crippen LogP contribution in [-0.2, 0) is 4.79 Å². The van der Waals surface area contributed by atoms with Gasteiger partial charge in [0, 0.05) is 13.5 Å². The third-order valence-corrected chi connectivity index (χ3v) is 3.90. The van der Waals surface area contributed by atoms with E-state index in [9.17, 15) is 4.79 Å². The highest BCUT2D eigenvalue weighted by molar-refractivity contribution is 5.72. The average Bonchev–Trinajstić information content (AvgIpc) is 2.82. The van der Waals surface area contributed by atoms with Gasteiger partial charge in [-0.2, -0.15) is 0 Å². The lowest BCUT2D eigenvalue weighted by Crippen LogP contribution is -2.23. The maximum absolute atomic E-state index is 10.7. The van der Waals surface area contributed by atoms with E-state index in [0.29, 0.717) is 10.8 Å². The summed E-state index contributed by atoms with van der Waals surface area (Å²) in [5, 5.41) is 2.85. The van der Waals surface area contributed by atoms with Crippen molar-refractivity contribution in [1.82, 2.24) is 5.32 Å². The highest BCUT2D eigenvalue weighted by atomic mass is 16.1. The summed E-state index contributed by atoms with van der Waals surface area (Å²) in [6, 6.07) is 0. The molecule has 1 N–H and O–H groups in total. The highest BCUT2D eigenvalue weighted by Gasteiger charge is 2.50. The molecule has 0 unspecified atom stereocenters.